The maximum Gasteiger partial charge on any atom is 0.242 e. The predicted molar refractivity (Wildman–Crippen MR) is 93.4 cm³/mol. The van der Waals surface area contributed by atoms with E-state index >= 15 is 0 Å². The number of hydrogen-bond acceptors (Lipinski definition) is 4. The second-order valence-corrected chi connectivity index (χ2v) is 8.25. The Kier molecular flexibility index (Phi) is 4.89. The molecule has 0 spiro atoms. The molecular weight excluding hydrogens is 324 g/mol. The lowest BCUT2D eigenvalue weighted by Crippen LogP contribution is -2.26. The van der Waals surface area contributed by atoms with Crippen LogP contribution in [0.5, 0.6) is 5.75 Å². The van der Waals surface area contributed by atoms with Crippen LogP contribution in [0.2, 0.25) is 0 Å². The van der Waals surface area contributed by atoms with Crippen molar-refractivity contribution >= 4 is 10.0 Å². The monoisotopic (exact) mass is 346 g/mol. The van der Waals surface area contributed by atoms with Crippen molar-refractivity contribution < 1.29 is 13.2 Å². The van der Waals surface area contributed by atoms with Crippen LogP contribution >= 0.6 is 0 Å². The maximum absolute atomic E-state index is 12.3. The molecule has 6 heteroatoms. The van der Waals surface area contributed by atoms with E-state index in [9.17, 15) is 8.42 Å². The molecule has 0 aliphatic carbocycles. The highest BCUT2D eigenvalue weighted by Crippen LogP contribution is 2.24. The average Bonchev–Trinajstić information content (AvgIpc) is 2.76. The Bertz CT molecular complexity index is 819. The van der Waals surface area contributed by atoms with Gasteiger partial charge in [0.25, 0.3) is 0 Å². The second-order valence-electron chi connectivity index (χ2n) is 6.10. The molecule has 0 fully saturated rings. The van der Waals surface area contributed by atoms with E-state index in [1.807, 2.05) is 24.3 Å². The molecule has 0 radical (unpaired) electrons. The molecule has 0 saturated carbocycles. The van der Waals surface area contributed by atoms with Crippen molar-refractivity contribution in [3.05, 3.63) is 59.7 Å². The highest BCUT2D eigenvalue weighted by Gasteiger charge is 2.19. The molecule has 3 rings (SSSR count). The third-order valence-electron chi connectivity index (χ3n) is 4.11. The summed E-state index contributed by atoms with van der Waals surface area (Å²) in [5.74, 6) is 0.934. The van der Waals surface area contributed by atoms with Gasteiger partial charge < -0.3 is 4.74 Å². The summed E-state index contributed by atoms with van der Waals surface area (Å²) in [4.78, 5) is 2.60. The van der Waals surface area contributed by atoms with Gasteiger partial charge in [0.1, 0.15) is 12.4 Å². The van der Waals surface area contributed by atoms with Crippen molar-refractivity contribution in [2.45, 2.75) is 18.0 Å². The van der Waals surface area contributed by atoms with Gasteiger partial charge in [0.2, 0.25) is 10.0 Å². The molecular formula is C18H22N2O3S. The topological polar surface area (TPSA) is 49.9 Å². The molecule has 0 amide bonds. The van der Waals surface area contributed by atoms with Crippen molar-refractivity contribution in [3.63, 3.8) is 0 Å². The summed E-state index contributed by atoms with van der Waals surface area (Å²) in [7, 11) is -0.313. The molecule has 128 valence electrons. The minimum Gasteiger partial charge on any atom is -0.492 e. The summed E-state index contributed by atoms with van der Waals surface area (Å²) in [6.45, 7) is 2.92. The third-order valence-corrected chi connectivity index (χ3v) is 5.93. The first-order valence-corrected chi connectivity index (χ1v) is 9.35. The van der Waals surface area contributed by atoms with Crippen LogP contribution in [0.1, 0.15) is 11.1 Å². The average molecular weight is 346 g/mol. The van der Waals surface area contributed by atoms with Crippen LogP contribution < -0.4 is 4.74 Å². The number of benzene rings is 2. The predicted octanol–water partition coefficient (Wildman–Crippen LogP) is 2.33. The van der Waals surface area contributed by atoms with E-state index in [0.29, 0.717) is 18.0 Å². The minimum atomic E-state index is -3.41. The Labute approximate surface area is 143 Å². The van der Waals surface area contributed by atoms with Crippen molar-refractivity contribution in [1.29, 1.82) is 0 Å². The van der Waals surface area contributed by atoms with Crippen molar-refractivity contribution in [2.24, 2.45) is 0 Å². The van der Waals surface area contributed by atoms with Gasteiger partial charge in [0.05, 0.1) is 4.90 Å². The Hall–Kier alpha value is -1.89. The molecule has 0 bridgehead atoms. The number of fused-ring (bicyclic) bond motifs is 1. The quantitative estimate of drug-likeness (QED) is 0.853. The zero-order chi connectivity index (χ0) is 17.2. The molecule has 0 unspecified atom stereocenters. The number of ether oxygens (including phenoxy) is 1. The molecule has 0 atom stereocenters. The van der Waals surface area contributed by atoms with Gasteiger partial charge in [0.15, 0.2) is 0 Å². The van der Waals surface area contributed by atoms with Gasteiger partial charge >= 0.3 is 0 Å². The summed E-state index contributed by atoms with van der Waals surface area (Å²) in [5, 5.41) is 0. The lowest BCUT2D eigenvalue weighted by Gasteiger charge is -2.20. The highest BCUT2D eigenvalue weighted by atomic mass is 32.2. The smallest absolute Gasteiger partial charge is 0.242 e. The van der Waals surface area contributed by atoms with Crippen LogP contribution in [-0.4, -0.2) is 44.9 Å². The molecule has 5 nitrogen and oxygen atoms in total. The highest BCUT2D eigenvalue weighted by molar-refractivity contribution is 7.89. The van der Waals surface area contributed by atoms with Gasteiger partial charge in [-0.05, 0) is 23.8 Å². The molecule has 1 aliphatic heterocycles. The fourth-order valence-corrected chi connectivity index (χ4v) is 3.76. The van der Waals surface area contributed by atoms with Crippen LogP contribution in [0.3, 0.4) is 0 Å². The van der Waals surface area contributed by atoms with E-state index in [1.165, 1.54) is 4.31 Å². The molecule has 0 saturated heterocycles. The maximum atomic E-state index is 12.3. The summed E-state index contributed by atoms with van der Waals surface area (Å²) >= 11 is 0. The first-order chi connectivity index (χ1) is 11.5. The fourth-order valence-electron chi connectivity index (χ4n) is 2.79. The number of para-hydroxylation sites is 1. The summed E-state index contributed by atoms with van der Waals surface area (Å²) < 4.78 is 31.6. The molecule has 2 aromatic carbocycles. The SMILES string of the molecule is CN(C)S(=O)(=O)c1cccc(CN2CCOc3ccccc3C2)c1. The second kappa shape index (κ2) is 6.93. The van der Waals surface area contributed by atoms with Crippen molar-refractivity contribution in [3.8, 4) is 5.75 Å². The van der Waals surface area contributed by atoms with E-state index in [4.69, 9.17) is 4.74 Å². The third kappa shape index (κ3) is 3.61. The first kappa shape index (κ1) is 17.0. The largest absolute Gasteiger partial charge is 0.492 e. The lowest BCUT2D eigenvalue weighted by molar-refractivity contribution is 0.219. The van der Waals surface area contributed by atoms with E-state index in [2.05, 4.69) is 11.0 Å². The molecule has 2 aromatic rings. The van der Waals surface area contributed by atoms with Gasteiger partial charge in [-0.1, -0.05) is 30.3 Å². The van der Waals surface area contributed by atoms with Crippen LogP contribution in [0.15, 0.2) is 53.4 Å². The molecule has 24 heavy (non-hydrogen) atoms. The fraction of sp³-hybridized carbons (Fsp3) is 0.333. The van der Waals surface area contributed by atoms with Crippen LogP contribution in [0.25, 0.3) is 0 Å². The summed E-state index contributed by atoms with van der Waals surface area (Å²) in [6.07, 6.45) is 0. The first-order valence-electron chi connectivity index (χ1n) is 7.91. The molecule has 1 aliphatic rings. The summed E-state index contributed by atoms with van der Waals surface area (Å²) in [6, 6.07) is 15.2. The van der Waals surface area contributed by atoms with Crippen molar-refractivity contribution in [1.82, 2.24) is 9.21 Å². The number of hydrogen-bond donors (Lipinski definition) is 0. The van der Waals surface area contributed by atoms with E-state index in [0.717, 1.165) is 30.0 Å². The Morgan fingerprint density at radius 1 is 1.12 bits per heavy atom. The number of nitrogens with zero attached hydrogens (tertiary/aromatic N) is 2. The molecule has 0 aromatic heterocycles. The van der Waals surface area contributed by atoms with Gasteiger partial charge in [-0.25, -0.2) is 12.7 Å². The Balaban J connectivity index is 1.80. The van der Waals surface area contributed by atoms with Gasteiger partial charge in [-0.15, -0.1) is 0 Å². The zero-order valence-electron chi connectivity index (χ0n) is 14.0. The van der Waals surface area contributed by atoms with Crippen LogP contribution in [0, 0.1) is 0 Å². The molecule has 0 N–H and O–H groups in total. The summed E-state index contributed by atoms with van der Waals surface area (Å²) in [5.41, 5.74) is 2.14. The normalized spacial score (nSPS) is 15.6. The number of rotatable bonds is 4. The van der Waals surface area contributed by atoms with Gasteiger partial charge in [-0.2, -0.15) is 0 Å². The Morgan fingerprint density at radius 2 is 1.92 bits per heavy atom. The zero-order valence-corrected chi connectivity index (χ0v) is 14.8. The van der Waals surface area contributed by atoms with E-state index in [-0.39, 0.29) is 0 Å². The van der Waals surface area contributed by atoms with Gasteiger partial charge in [0, 0.05) is 39.3 Å². The van der Waals surface area contributed by atoms with E-state index < -0.39 is 10.0 Å². The van der Waals surface area contributed by atoms with E-state index in [1.54, 1.807) is 32.3 Å². The Morgan fingerprint density at radius 3 is 2.71 bits per heavy atom. The van der Waals surface area contributed by atoms with Gasteiger partial charge in [-0.3, -0.25) is 4.90 Å². The van der Waals surface area contributed by atoms with Crippen LogP contribution in [-0.2, 0) is 23.1 Å². The number of sulfonamides is 1. The standard InChI is InChI=1S/C18H22N2O3S/c1-19(2)24(21,22)17-8-5-6-15(12-17)13-20-10-11-23-18-9-4-3-7-16(18)14-20/h3-9,12H,10-11,13-14H2,1-2H3. The minimum absolute atomic E-state index is 0.330. The lowest BCUT2D eigenvalue weighted by atomic mass is 10.1. The molecule has 1 heterocycles. The van der Waals surface area contributed by atoms with Crippen molar-refractivity contribution in [2.75, 3.05) is 27.2 Å². The van der Waals surface area contributed by atoms with Crippen LogP contribution in [0.4, 0.5) is 0 Å².